The van der Waals surface area contributed by atoms with Crippen molar-refractivity contribution >= 4 is 0 Å². The molecule has 0 aromatic rings. The summed E-state index contributed by atoms with van der Waals surface area (Å²) in [5.41, 5.74) is 10.6. The van der Waals surface area contributed by atoms with Crippen LogP contribution in [0.5, 0.6) is 0 Å². The van der Waals surface area contributed by atoms with Crippen LogP contribution < -0.4 is 11.5 Å². The van der Waals surface area contributed by atoms with Gasteiger partial charge < -0.3 is 11.5 Å². The van der Waals surface area contributed by atoms with Crippen LogP contribution in [0.15, 0.2) is 0 Å². The molecule has 0 saturated heterocycles. The Morgan fingerprint density at radius 2 is 1.86 bits per heavy atom. The van der Waals surface area contributed by atoms with Gasteiger partial charge in [0.2, 0.25) is 0 Å². The Morgan fingerprint density at radius 3 is 1.86 bits per heavy atom. The van der Waals surface area contributed by atoms with E-state index in [0.29, 0.717) is 12.1 Å². The van der Waals surface area contributed by atoms with Crippen molar-refractivity contribution in [1.29, 1.82) is 0 Å². The van der Waals surface area contributed by atoms with E-state index in [2.05, 4.69) is 0 Å². The maximum absolute atomic E-state index is 5.29. The van der Waals surface area contributed by atoms with E-state index in [1.165, 1.54) is 19.3 Å². The van der Waals surface area contributed by atoms with Gasteiger partial charge in [-0.05, 0) is 18.8 Å². The molecule has 1 saturated carbocycles. The van der Waals surface area contributed by atoms with Crippen LogP contribution in [0.4, 0.5) is 0 Å². The molecule has 0 aromatic carbocycles. The van der Waals surface area contributed by atoms with Crippen LogP contribution in [0, 0.1) is 12.1 Å². The molecule has 4 N–H and O–H groups in total. The standard InChI is InChI=1S/C5H11N2/c6-5(7)4-2-1-3-4/h4H,1-3,6-7H2. The SMILES string of the molecule is N[C](N)C1CCC1. The van der Waals surface area contributed by atoms with Gasteiger partial charge in [0.05, 0.1) is 6.17 Å². The van der Waals surface area contributed by atoms with Crippen molar-refractivity contribution < 1.29 is 0 Å². The van der Waals surface area contributed by atoms with Gasteiger partial charge in [-0.15, -0.1) is 0 Å². The highest BCUT2D eigenvalue weighted by Crippen LogP contribution is 2.29. The first-order valence-corrected chi connectivity index (χ1v) is 2.68. The van der Waals surface area contributed by atoms with E-state index >= 15 is 0 Å². The van der Waals surface area contributed by atoms with Crippen molar-refractivity contribution in [3.63, 3.8) is 0 Å². The van der Waals surface area contributed by atoms with Crippen molar-refractivity contribution in [3.8, 4) is 0 Å². The van der Waals surface area contributed by atoms with Crippen molar-refractivity contribution in [2.75, 3.05) is 0 Å². The lowest BCUT2D eigenvalue weighted by atomic mass is 9.83. The molecule has 0 aromatic heterocycles. The fourth-order valence-electron chi connectivity index (χ4n) is 0.742. The molecule has 0 heterocycles. The van der Waals surface area contributed by atoms with E-state index in [4.69, 9.17) is 11.5 Å². The minimum atomic E-state index is 0.556. The van der Waals surface area contributed by atoms with E-state index in [1.807, 2.05) is 0 Å². The molecule has 1 rings (SSSR count). The summed E-state index contributed by atoms with van der Waals surface area (Å²) in [7, 11) is 0. The molecule has 0 unspecified atom stereocenters. The van der Waals surface area contributed by atoms with Crippen LogP contribution in [-0.2, 0) is 0 Å². The van der Waals surface area contributed by atoms with Crippen LogP contribution in [0.25, 0.3) is 0 Å². The number of hydrogen-bond acceptors (Lipinski definition) is 2. The molecule has 1 aliphatic carbocycles. The lowest BCUT2D eigenvalue weighted by molar-refractivity contribution is 0.323. The third kappa shape index (κ3) is 0.924. The first-order chi connectivity index (χ1) is 3.30. The maximum atomic E-state index is 5.29. The first-order valence-electron chi connectivity index (χ1n) is 2.68. The van der Waals surface area contributed by atoms with Gasteiger partial charge in [0, 0.05) is 0 Å². The van der Waals surface area contributed by atoms with E-state index in [1.54, 1.807) is 0 Å². The Kier molecular flexibility index (Phi) is 1.30. The van der Waals surface area contributed by atoms with Gasteiger partial charge in [-0.25, -0.2) is 0 Å². The van der Waals surface area contributed by atoms with Gasteiger partial charge in [-0.2, -0.15) is 0 Å². The normalized spacial score (nSPS) is 22.7. The molecule has 0 spiro atoms. The largest absolute Gasteiger partial charge is 0.311 e. The van der Waals surface area contributed by atoms with Crippen LogP contribution in [0.2, 0.25) is 0 Å². The van der Waals surface area contributed by atoms with Crippen LogP contribution in [0.3, 0.4) is 0 Å². The monoisotopic (exact) mass is 99.1 g/mol. The van der Waals surface area contributed by atoms with Gasteiger partial charge in [0.1, 0.15) is 0 Å². The lowest BCUT2D eigenvalue weighted by Crippen LogP contribution is -2.33. The van der Waals surface area contributed by atoms with Crippen molar-refractivity contribution in [1.82, 2.24) is 0 Å². The predicted octanol–water partition coefficient (Wildman–Crippen LogP) is 0.193. The van der Waals surface area contributed by atoms with Crippen molar-refractivity contribution in [2.24, 2.45) is 17.4 Å². The topological polar surface area (TPSA) is 52.0 Å². The third-order valence-corrected chi connectivity index (χ3v) is 1.58. The van der Waals surface area contributed by atoms with E-state index in [0.717, 1.165) is 0 Å². The Labute approximate surface area is 43.9 Å². The van der Waals surface area contributed by atoms with Crippen LogP contribution >= 0.6 is 0 Å². The van der Waals surface area contributed by atoms with Gasteiger partial charge in [0.25, 0.3) is 0 Å². The van der Waals surface area contributed by atoms with E-state index in [-0.39, 0.29) is 0 Å². The molecule has 0 bridgehead atoms. The highest BCUT2D eigenvalue weighted by atomic mass is 14.9. The average Bonchev–Trinajstić information content (AvgIpc) is 1.23. The van der Waals surface area contributed by atoms with Crippen molar-refractivity contribution in [3.05, 3.63) is 6.17 Å². The maximum Gasteiger partial charge on any atom is 0.0987 e. The molecule has 7 heavy (non-hydrogen) atoms. The van der Waals surface area contributed by atoms with Crippen LogP contribution in [-0.4, -0.2) is 0 Å². The summed E-state index contributed by atoms with van der Waals surface area (Å²) >= 11 is 0. The highest BCUT2D eigenvalue weighted by molar-refractivity contribution is 4.88. The number of rotatable bonds is 1. The van der Waals surface area contributed by atoms with Crippen LogP contribution in [0.1, 0.15) is 19.3 Å². The zero-order valence-corrected chi connectivity index (χ0v) is 4.35. The second-order valence-corrected chi connectivity index (χ2v) is 2.13. The smallest absolute Gasteiger partial charge is 0.0987 e. The fraction of sp³-hybridized carbons (Fsp3) is 0.800. The van der Waals surface area contributed by atoms with E-state index in [9.17, 15) is 0 Å². The second-order valence-electron chi connectivity index (χ2n) is 2.13. The molecule has 0 atom stereocenters. The number of nitrogens with two attached hydrogens (primary N) is 2. The predicted molar refractivity (Wildman–Crippen MR) is 29.0 cm³/mol. The molecule has 2 heteroatoms. The minimum Gasteiger partial charge on any atom is -0.311 e. The summed E-state index contributed by atoms with van der Waals surface area (Å²) in [6, 6.07) is 0. The zero-order chi connectivity index (χ0) is 5.28. The highest BCUT2D eigenvalue weighted by Gasteiger charge is 2.21. The summed E-state index contributed by atoms with van der Waals surface area (Å²) in [6.45, 7) is 0. The van der Waals surface area contributed by atoms with Gasteiger partial charge in [0.15, 0.2) is 0 Å². The molecule has 1 radical (unpaired) electrons. The third-order valence-electron chi connectivity index (χ3n) is 1.58. The average molecular weight is 99.2 g/mol. The van der Waals surface area contributed by atoms with Gasteiger partial charge in [-0.3, -0.25) is 0 Å². The Hall–Kier alpha value is -0.0800. The summed E-state index contributed by atoms with van der Waals surface area (Å²) in [5.74, 6) is 0.556. The van der Waals surface area contributed by atoms with Gasteiger partial charge in [-0.1, -0.05) is 6.42 Å². The molecule has 41 valence electrons. The first kappa shape index (κ1) is 5.06. The van der Waals surface area contributed by atoms with Crippen molar-refractivity contribution in [2.45, 2.75) is 19.3 Å². The lowest BCUT2D eigenvalue weighted by Gasteiger charge is -2.27. The summed E-state index contributed by atoms with van der Waals surface area (Å²) in [4.78, 5) is 0. The van der Waals surface area contributed by atoms with Gasteiger partial charge >= 0.3 is 0 Å². The Bertz CT molecular complexity index is 57.1. The van der Waals surface area contributed by atoms with E-state index < -0.39 is 0 Å². The summed E-state index contributed by atoms with van der Waals surface area (Å²) in [5, 5.41) is 0. The zero-order valence-electron chi connectivity index (χ0n) is 4.35. The quantitative estimate of drug-likeness (QED) is 0.493. The fourth-order valence-corrected chi connectivity index (χ4v) is 0.742. The molecule has 1 aliphatic rings. The molecule has 0 aliphatic heterocycles. The summed E-state index contributed by atoms with van der Waals surface area (Å²) in [6.07, 6.45) is 4.36. The number of hydrogen-bond donors (Lipinski definition) is 2. The minimum absolute atomic E-state index is 0.556. The Morgan fingerprint density at radius 1 is 1.29 bits per heavy atom. The molecular weight excluding hydrogens is 88.1 g/mol. The molecular formula is C5H11N2. The molecule has 2 nitrogen and oxygen atoms in total. The Balaban J connectivity index is 2.14. The molecule has 0 amide bonds. The summed E-state index contributed by atoms with van der Waals surface area (Å²) < 4.78 is 0. The molecule has 1 fully saturated rings. The second kappa shape index (κ2) is 1.80.